The van der Waals surface area contributed by atoms with E-state index in [1.165, 1.54) is 4.31 Å². The van der Waals surface area contributed by atoms with Gasteiger partial charge in [0.15, 0.2) is 0 Å². The molecule has 1 saturated heterocycles. The first-order chi connectivity index (χ1) is 14.2. The van der Waals surface area contributed by atoms with Crippen LogP contribution in [0.25, 0.3) is 0 Å². The molecule has 6 nitrogen and oxygen atoms in total. The molecule has 1 atom stereocenters. The lowest BCUT2D eigenvalue weighted by molar-refractivity contribution is -0.132. The highest BCUT2D eigenvalue weighted by Crippen LogP contribution is 2.25. The average molecular weight is 450 g/mol. The SMILES string of the molecule is CC[C@H](C(=O)N1CCN(c2cccc(Cl)c2)CC1)N(c1ccc(C)cc1)S(C)(=O)=O. The zero-order chi connectivity index (χ0) is 21.9. The van der Waals surface area contributed by atoms with Crippen LogP contribution in [0.5, 0.6) is 0 Å². The van der Waals surface area contributed by atoms with E-state index < -0.39 is 16.1 Å². The highest BCUT2D eigenvalue weighted by Gasteiger charge is 2.35. The Balaban J connectivity index is 1.77. The molecule has 8 heteroatoms. The van der Waals surface area contributed by atoms with Gasteiger partial charge in [0.25, 0.3) is 0 Å². The molecule has 0 N–H and O–H groups in total. The molecule has 1 heterocycles. The van der Waals surface area contributed by atoms with Crippen LogP contribution >= 0.6 is 11.6 Å². The average Bonchev–Trinajstić information content (AvgIpc) is 2.71. The van der Waals surface area contributed by atoms with Crippen molar-refractivity contribution in [2.75, 3.05) is 41.6 Å². The molecule has 1 fully saturated rings. The predicted molar refractivity (Wildman–Crippen MR) is 123 cm³/mol. The molecule has 30 heavy (non-hydrogen) atoms. The van der Waals surface area contributed by atoms with Gasteiger partial charge in [0.2, 0.25) is 15.9 Å². The zero-order valence-corrected chi connectivity index (χ0v) is 19.2. The number of benzene rings is 2. The van der Waals surface area contributed by atoms with Gasteiger partial charge >= 0.3 is 0 Å². The van der Waals surface area contributed by atoms with Crippen LogP contribution in [0.15, 0.2) is 48.5 Å². The molecule has 0 aromatic heterocycles. The van der Waals surface area contributed by atoms with Crippen LogP contribution in [0, 0.1) is 6.92 Å². The normalized spacial score (nSPS) is 15.7. The van der Waals surface area contributed by atoms with Gasteiger partial charge in [0.1, 0.15) is 6.04 Å². The molecule has 0 bridgehead atoms. The summed E-state index contributed by atoms with van der Waals surface area (Å²) in [6.07, 6.45) is 1.55. The summed E-state index contributed by atoms with van der Waals surface area (Å²) in [4.78, 5) is 17.3. The van der Waals surface area contributed by atoms with E-state index in [4.69, 9.17) is 11.6 Å². The summed E-state index contributed by atoms with van der Waals surface area (Å²) >= 11 is 6.10. The molecule has 0 saturated carbocycles. The van der Waals surface area contributed by atoms with E-state index in [1.807, 2.05) is 50.2 Å². The molecule has 0 spiro atoms. The van der Waals surface area contributed by atoms with E-state index in [1.54, 1.807) is 17.0 Å². The van der Waals surface area contributed by atoms with Crippen molar-refractivity contribution >= 4 is 38.9 Å². The number of piperazine rings is 1. The lowest BCUT2D eigenvalue weighted by atomic mass is 10.1. The van der Waals surface area contributed by atoms with Crippen molar-refractivity contribution in [3.63, 3.8) is 0 Å². The number of hydrogen-bond donors (Lipinski definition) is 0. The van der Waals surface area contributed by atoms with Crippen LogP contribution in [0.3, 0.4) is 0 Å². The number of hydrogen-bond acceptors (Lipinski definition) is 4. The maximum absolute atomic E-state index is 13.3. The molecule has 3 rings (SSSR count). The minimum Gasteiger partial charge on any atom is -0.368 e. The van der Waals surface area contributed by atoms with Gasteiger partial charge < -0.3 is 9.80 Å². The summed E-state index contributed by atoms with van der Waals surface area (Å²) in [6.45, 7) is 6.20. The number of sulfonamides is 1. The van der Waals surface area contributed by atoms with Crippen molar-refractivity contribution in [2.24, 2.45) is 0 Å². The standard InChI is InChI=1S/C22H28ClN3O3S/c1-4-21(26(30(3,28)29)19-10-8-17(2)9-11-19)22(27)25-14-12-24(13-15-25)20-7-5-6-18(23)16-20/h5-11,16,21H,4,12-15H2,1-3H3/t21-/m1/s1. The van der Waals surface area contributed by atoms with Gasteiger partial charge in [-0.15, -0.1) is 0 Å². The topological polar surface area (TPSA) is 60.9 Å². The van der Waals surface area contributed by atoms with Gasteiger partial charge in [0.05, 0.1) is 11.9 Å². The minimum atomic E-state index is -3.62. The molecule has 162 valence electrons. The third-order valence-electron chi connectivity index (χ3n) is 5.37. The van der Waals surface area contributed by atoms with Crippen LogP contribution in [0.1, 0.15) is 18.9 Å². The highest BCUT2D eigenvalue weighted by atomic mass is 35.5. The van der Waals surface area contributed by atoms with Crippen molar-refractivity contribution in [2.45, 2.75) is 26.3 Å². The van der Waals surface area contributed by atoms with E-state index >= 15 is 0 Å². The van der Waals surface area contributed by atoms with Gasteiger partial charge in [-0.3, -0.25) is 9.10 Å². The smallest absolute Gasteiger partial charge is 0.246 e. The van der Waals surface area contributed by atoms with Gasteiger partial charge in [-0.1, -0.05) is 42.3 Å². The van der Waals surface area contributed by atoms with Gasteiger partial charge in [-0.25, -0.2) is 8.42 Å². The molecule has 0 unspecified atom stereocenters. The number of nitrogens with zero attached hydrogens (tertiary/aromatic N) is 3. The van der Waals surface area contributed by atoms with Gasteiger partial charge in [-0.05, 0) is 43.7 Å². The molecule has 0 radical (unpaired) electrons. The monoisotopic (exact) mass is 449 g/mol. The van der Waals surface area contributed by atoms with Crippen molar-refractivity contribution < 1.29 is 13.2 Å². The predicted octanol–water partition coefficient (Wildman–Crippen LogP) is 3.54. The Hall–Kier alpha value is -2.25. The second kappa shape index (κ2) is 9.27. The van der Waals surface area contributed by atoms with Gasteiger partial charge in [-0.2, -0.15) is 0 Å². The third kappa shape index (κ3) is 5.08. The van der Waals surface area contributed by atoms with Crippen LogP contribution in [0.4, 0.5) is 11.4 Å². The Morgan fingerprint density at radius 3 is 2.27 bits per heavy atom. The summed E-state index contributed by atoms with van der Waals surface area (Å²) in [5.74, 6) is -0.158. The van der Waals surface area contributed by atoms with E-state index in [2.05, 4.69) is 4.90 Å². The number of halogens is 1. The minimum absolute atomic E-state index is 0.158. The fourth-order valence-corrected chi connectivity index (χ4v) is 5.19. The Labute approximate surface area is 184 Å². The summed E-state index contributed by atoms with van der Waals surface area (Å²) in [5.41, 5.74) is 2.57. The lowest BCUT2D eigenvalue weighted by Crippen LogP contribution is -2.56. The first-order valence-corrected chi connectivity index (χ1v) is 12.3. The molecule has 2 aromatic rings. The van der Waals surface area contributed by atoms with Gasteiger partial charge in [0, 0.05) is 36.9 Å². The summed E-state index contributed by atoms with van der Waals surface area (Å²) < 4.78 is 26.5. The molecule has 2 aromatic carbocycles. The van der Waals surface area contributed by atoms with Crippen molar-refractivity contribution in [1.82, 2.24) is 4.90 Å². The fourth-order valence-electron chi connectivity index (χ4n) is 3.80. The Morgan fingerprint density at radius 2 is 1.73 bits per heavy atom. The van der Waals surface area contributed by atoms with E-state index in [9.17, 15) is 13.2 Å². The summed E-state index contributed by atoms with van der Waals surface area (Å²) in [6, 6.07) is 14.1. The van der Waals surface area contributed by atoms with Crippen molar-refractivity contribution in [1.29, 1.82) is 0 Å². The number of carbonyl (C=O) groups excluding carboxylic acids is 1. The molecule has 1 aliphatic heterocycles. The van der Waals surface area contributed by atoms with Crippen LogP contribution in [-0.4, -0.2) is 57.7 Å². The van der Waals surface area contributed by atoms with E-state index in [0.29, 0.717) is 43.3 Å². The van der Waals surface area contributed by atoms with Crippen molar-refractivity contribution in [3.05, 3.63) is 59.1 Å². The Bertz CT molecular complexity index is 987. The Morgan fingerprint density at radius 1 is 1.10 bits per heavy atom. The number of carbonyl (C=O) groups is 1. The number of aryl methyl sites for hydroxylation is 1. The molecular weight excluding hydrogens is 422 g/mol. The van der Waals surface area contributed by atoms with E-state index in [-0.39, 0.29) is 5.91 Å². The highest BCUT2D eigenvalue weighted by molar-refractivity contribution is 7.92. The number of rotatable bonds is 6. The third-order valence-corrected chi connectivity index (χ3v) is 6.78. The van der Waals surface area contributed by atoms with Crippen LogP contribution in [-0.2, 0) is 14.8 Å². The fraction of sp³-hybridized carbons (Fsp3) is 0.409. The summed E-state index contributed by atoms with van der Waals surface area (Å²) in [5, 5.41) is 0.680. The summed E-state index contributed by atoms with van der Waals surface area (Å²) in [7, 11) is -3.62. The molecule has 0 aliphatic carbocycles. The first kappa shape index (κ1) is 22.4. The second-order valence-electron chi connectivity index (χ2n) is 7.61. The second-order valence-corrected chi connectivity index (χ2v) is 9.91. The van der Waals surface area contributed by atoms with Crippen LogP contribution < -0.4 is 9.21 Å². The largest absolute Gasteiger partial charge is 0.368 e. The first-order valence-electron chi connectivity index (χ1n) is 10.1. The maximum atomic E-state index is 13.3. The molecule has 1 aliphatic rings. The lowest BCUT2D eigenvalue weighted by Gasteiger charge is -2.39. The zero-order valence-electron chi connectivity index (χ0n) is 17.6. The number of anilines is 2. The molecule has 1 amide bonds. The van der Waals surface area contributed by atoms with Crippen LogP contribution in [0.2, 0.25) is 5.02 Å². The van der Waals surface area contributed by atoms with Crippen molar-refractivity contribution in [3.8, 4) is 0 Å². The quantitative estimate of drug-likeness (QED) is 0.676. The molecular formula is C22H28ClN3O3S. The maximum Gasteiger partial charge on any atom is 0.246 e. The number of amides is 1. The van der Waals surface area contributed by atoms with E-state index in [0.717, 1.165) is 17.5 Å². The Kier molecular flexibility index (Phi) is 6.93.